The molecule has 0 radical (unpaired) electrons. The van der Waals surface area contributed by atoms with E-state index < -0.39 is 0 Å². The summed E-state index contributed by atoms with van der Waals surface area (Å²) in [4.78, 5) is 5.35. The Morgan fingerprint density at radius 3 is 2.79 bits per heavy atom. The Hall–Kier alpha value is -1.10. The quantitative estimate of drug-likeness (QED) is 0.829. The summed E-state index contributed by atoms with van der Waals surface area (Å²) in [5.74, 6) is 0.997. The van der Waals surface area contributed by atoms with Crippen molar-refractivity contribution in [3.63, 3.8) is 0 Å². The molecule has 1 saturated heterocycles. The summed E-state index contributed by atoms with van der Waals surface area (Å²) in [5, 5.41) is 3.45. The van der Waals surface area contributed by atoms with Crippen LogP contribution in [-0.2, 0) is 12.8 Å². The lowest BCUT2D eigenvalue weighted by Crippen LogP contribution is -2.48. The summed E-state index contributed by atoms with van der Waals surface area (Å²) in [6.07, 6.45) is 4.91. The van der Waals surface area contributed by atoms with Gasteiger partial charge in [0, 0.05) is 45.3 Å². The molecule has 4 nitrogen and oxygen atoms in total. The third kappa shape index (κ3) is 4.50. The first-order chi connectivity index (χ1) is 11.8. The number of methoxy groups -OCH3 is 1. The topological polar surface area (TPSA) is 27.7 Å². The summed E-state index contributed by atoms with van der Waals surface area (Å²) in [5.41, 5.74) is 3.01. The highest BCUT2D eigenvalue weighted by Crippen LogP contribution is 2.28. The number of nitrogens with zero attached hydrogens (tertiary/aromatic N) is 2. The number of piperazine rings is 1. The van der Waals surface area contributed by atoms with Crippen LogP contribution in [0.25, 0.3) is 0 Å². The number of nitrogens with one attached hydrogen (secondary N) is 1. The van der Waals surface area contributed by atoms with Gasteiger partial charge in [-0.1, -0.05) is 13.0 Å². The van der Waals surface area contributed by atoms with E-state index in [1.165, 1.54) is 69.5 Å². The van der Waals surface area contributed by atoms with E-state index in [0.717, 1.165) is 18.8 Å². The van der Waals surface area contributed by atoms with E-state index in [0.29, 0.717) is 6.04 Å². The molecule has 0 bridgehead atoms. The molecular formula is C20H33N3O. The fourth-order valence-electron chi connectivity index (χ4n) is 4.12. The second kappa shape index (κ2) is 8.84. The fraction of sp³-hybridized carbons (Fsp3) is 0.700. The summed E-state index contributed by atoms with van der Waals surface area (Å²) in [6.45, 7) is 10.6. The molecule has 4 heteroatoms. The summed E-state index contributed by atoms with van der Waals surface area (Å²) in [6, 6.07) is 7.30. The third-order valence-corrected chi connectivity index (χ3v) is 5.56. The Morgan fingerprint density at radius 1 is 1.21 bits per heavy atom. The molecule has 1 aliphatic heterocycles. The molecule has 1 unspecified atom stereocenters. The molecule has 0 saturated carbocycles. The van der Waals surface area contributed by atoms with Gasteiger partial charge < -0.3 is 10.1 Å². The van der Waals surface area contributed by atoms with Crippen molar-refractivity contribution in [2.24, 2.45) is 0 Å². The second-order valence-corrected chi connectivity index (χ2v) is 7.16. The van der Waals surface area contributed by atoms with E-state index in [-0.39, 0.29) is 0 Å². The maximum absolute atomic E-state index is 5.42. The molecule has 1 aromatic carbocycles. The van der Waals surface area contributed by atoms with Gasteiger partial charge in [0.25, 0.3) is 0 Å². The minimum absolute atomic E-state index is 0.687. The van der Waals surface area contributed by atoms with Crippen molar-refractivity contribution in [1.82, 2.24) is 15.1 Å². The minimum atomic E-state index is 0.687. The van der Waals surface area contributed by atoms with Gasteiger partial charge in [-0.25, -0.2) is 0 Å². The van der Waals surface area contributed by atoms with Crippen LogP contribution in [0.3, 0.4) is 0 Å². The van der Waals surface area contributed by atoms with Gasteiger partial charge in [-0.2, -0.15) is 0 Å². The summed E-state index contributed by atoms with van der Waals surface area (Å²) < 4.78 is 5.42. The predicted octanol–water partition coefficient (Wildman–Crippen LogP) is 2.17. The normalized spacial score (nSPS) is 21.7. The molecule has 1 aliphatic carbocycles. The Morgan fingerprint density at radius 2 is 2.04 bits per heavy atom. The van der Waals surface area contributed by atoms with Crippen LogP contribution in [0.1, 0.15) is 30.9 Å². The molecule has 1 fully saturated rings. The van der Waals surface area contributed by atoms with Gasteiger partial charge in [0.1, 0.15) is 5.75 Å². The highest BCUT2D eigenvalue weighted by molar-refractivity contribution is 5.37. The molecule has 0 amide bonds. The zero-order valence-corrected chi connectivity index (χ0v) is 15.4. The molecule has 134 valence electrons. The van der Waals surface area contributed by atoms with Gasteiger partial charge in [-0.05, 0) is 55.5 Å². The van der Waals surface area contributed by atoms with Crippen LogP contribution in [0.4, 0.5) is 0 Å². The van der Waals surface area contributed by atoms with Crippen LogP contribution in [0, 0.1) is 0 Å². The van der Waals surface area contributed by atoms with E-state index in [2.05, 4.69) is 40.2 Å². The summed E-state index contributed by atoms with van der Waals surface area (Å²) >= 11 is 0. The number of hydrogen-bond donors (Lipinski definition) is 1. The fourth-order valence-corrected chi connectivity index (χ4v) is 4.12. The number of hydrogen-bond acceptors (Lipinski definition) is 4. The van der Waals surface area contributed by atoms with E-state index >= 15 is 0 Å². The SMILES string of the molecule is CCCN(CCN1CCNCC1)C1CCc2ccc(OC)cc2C1. The first-order valence-corrected chi connectivity index (χ1v) is 9.63. The van der Waals surface area contributed by atoms with E-state index in [4.69, 9.17) is 4.74 Å². The molecule has 1 N–H and O–H groups in total. The lowest BCUT2D eigenvalue weighted by Gasteiger charge is -2.37. The van der Waals surface area contributed by atoms with Crippen molar-refractivity contribution < 1.29 is 4.74 Å². The van der Waals surface area contributed by atoms with Crippen molar-refractivity contribution in [2.75, 3.05) is 52.9 Å². The molecule has 1 atom stereocenters. The first-order valence-electron chi connectivity index (χ1n) is 9.63. The molecule has 3 rings (SSSR count). The second-order valence-electron chi connectivity index (χ2n) is 7.16. The molecule has 0 aromatic heterocycles. The Bertz CT molecular complexity index is 514. The maximum Gasteiger partial charge on any atom is 0.119 e. The first kappa shape index (κ1) is 17.7. The van der Waals surface area contributed by atoms with Crippen LogP contribution in [0.15, 0.2) is 18.2 Å². The average Bonchev–Trinajstić information content (AvgIpc) is 2.65. The lowest BCUT2D eigenvalue weighted by molar-refractivity contribution is 0.142. The standard InChI is InChI=1S/C20H33N3O/c1-3-10-23(14-13-22-11-8-21-9-12-22)19-6-4-17-5-7-20(24-2)16-18(17)15-19/h5,7,16,19,21H,3-4,6,8-15H2,1-2H3. The number of ether oxygens (including phenoxy) is 1. The lowest BCUT2D eigenvalue weighted by atomic mass is 9.87. The molecule has 0 spiro atoms. The van der Waals surface area contributed by atoms with Crippen molar-refractivity contribution >= 4 is 0 Å². The van der Waals surface area contributed by atoms with Crippen LogP contribution in [-0.4, -0.2) is 68.8 Å². The van der Waals surface area contributed by atoms with Gasteiger partial charge >= 0.3 is 0 Å². The molecular weight excluding hydrogens is 298 g/mol. The van der Waals surface area contributed by atoms with Crippen molar-refractivity contribution in [2.45, 2.75) is 38.6 Å². The Labute approximate surface area is 147 Å². The van der Waals surface area contributed by atoms with Crippen LogP contribution < -0.4 is 10.1 Å². The number of benzene rings is 1. The summed E-state index contributed by atoms with van der Waals surface area (Å²) in [7, 11) is 1.76. The molecule has 2 aliphatic rings. The Balaban J connectivity index is 1.60. The minimum Gasteiger partial charge on any atom is -0.497 e. The largest absolute Gasteiger partial charge is 0.497 e. The van der Waals surface area contributed by atoms with Gasteiger partial charge in [-0.3, -0.25) is 9.80 Å². The van der Waals surface area contributed by atoms with E-state index in [9.17, 15) is 0 Å². The van der Waals surface area contributed by atoms with Gasteiger partial charge in [0.15, 0.2) is 0 Å². The number of fused-ring (bicyclic) bond motifs is 1. The smallest absolute Gasteiger partial charge is 0.119 e. The zero-order valence-electron chi connectivity index (χ0n) is 15.4. The van der Waals surface area contributed by atoms with E-state index in [1.54, 1.807) is 7.11 Å². The van der Waals surface area contributed by atoms with Crippen LogP contribution >= 0.6 is 0 Å². The highest BCUT2D eigenvalue weighted by Gasteiger charge is 2.24. The highest BCUT2D eigenvalue weighted by atomic mass is 16.5. The van der Waals surface area contributed by atoms with Crippen molar-refractivity contribution in [1.29, 1.82) is 0 Å². The van der Waals surface area contributed by atoms with Gasteiger partial charge in [-0.15, -0.1) is 0 Å². The molecule has 1 heterocycles. The van der Waals surface area contributed by atoms with Gasteiger partial charge in [0.2, 0.25) is 0 Å². The van der Waals surface area contributed by atoms with Crippen LogP contribution in [0.2, 0.25) is 0 Å². The zero-order chi connectivity index (χ0) is 16.8. The van der Waals surface area contributed by atoms with Gasteiger partial charge in [0.05, 0.1) is 7.11 Å². The number of rotatable bonds is 7. The number of aryl methyl sites for hydroxylation is 1. The maximum atomic E-state index is 5.42. The monoisotopic (exact) mass is 331 g/mol. The third-order valence-electron chi connectivity index (χ3n) is 5.56. The average molecular weight is 332 g/mol. The van der Waals surface area contributed by atoms with Crippen LogP contribution in [0.5, 0.6) is 5.75 Å². The Kier molecular flexibility index (Phi) is 6.52. The van der Waals surface area contributed by atoms with Crippen molar-refractivity contribution in [3.8, 4) is 5.75 Å². The molecule has 24 heavy (non-hydrogen) atoms. The predicted molar refractivity (Wildman–Crippen MR) is 100.0 cm³/mol. The van der Waals surface area contributed by atoms with Crippen molar-refractivity contribution in [3.05, 3.63) is 29.3 Å². The molecule has 1 aromatic rings. The van der Waals surface area contributed by atoms with E-state index in [1.807, 2.05) is 0 Å².